The van der Waals surface area contributed by atoms with E-state index in [1.54, 1.807) is 25.4 Å². The fourth-order valence-corrected chi connectivity index (χ4v) is 0.887. The molecule has 0 aromatic carbocycles. The van der Waals surface area contributed by atoms with Crippen LogP contribution in [-0.4, -0.2) is 18.1 Å². The number of methoxy groups -OCH3 is 1. The van der Waals surface area contributed by atoms with E-state index in [0.717, 1.165) is 0 Å². The first-order chi connectivity index (χ1) is 6.24. The second-order valence-corrected chi connectivity index (χ2v) is 2.43. The molecule has 0 aliphatic heterocycles. The van der Waals surface area contributed by atoms with Gasteiger partial charge in [-0.3, -0.25) is 9.78 Å². The number of pyridine rings is 1. The summed E-state index contributed by atoms with van der Waals surface area (Å²) in [6, 6.07) is 3.53. The van der Waals surface area contributed by atoms with E-state index in [9.17, 15) is 4.79 Å². The number of carbonyl (C=O) groups is 1. The smallest absolute Gasteiger partial charge is 0.303 e. The molecule has 0 N–H and O–H groups in total. The average Bonchev–Trinajstić information content (AvgIpc) is 2.15. The predicted octanol–water partition coefficient (Wildman–Crippen LogP) is 1.15. The molecule has 0 saturated carbocycles. The molecule has 0 atom stereocenters. The van der Waals surface area contributed by atoms with Crippen LogP contribution in [0.3, 0.4) is 0 Å². The Hall–Kier alpha value is -1.58. The van der Waals surface area contributed by atoms with Gasteiger partial charge in [0.2, 0.25) is 0 Å². The molecule has 1 aromatic heterocycles. The third kappa shape index (κ3) is 2.74. The van der Waals surface area contributed by atoms with E-state index in [-0.39, 0.29) is 12.6 Å². The lowest BCUT2D eigenvalue weighted by molar-refractivity contribution is -0.142. The molecular weight excluding hydrogens is 170 g/mol. The number of hydrogen-bond donors (Lipinski definition) is 0. The fourth-order valence-electron chi connectivity index (χ4n) is 0.887. The van der Waals surface area contributed by atoms with Gasteiger partial charge in [-0.25, -0.2) is 0 Å². The van der Waals surface area contributed by atoms with Crippen LogP contribution in [0.15, 0.2) is 18.3 Å². The minimum Gasteiger partial charge on any atom is -0.495 e. The van der Waals surface area contributed by atoms with Crippen molar-refractivity contribution in [2.75, 3.05) is 7.11 Å². The van der Waals surface area contributed by atoms with E-state index in [0.29, 0.717) is 11.4 Å². The van der Waals surface area contributed by atoms with Gasteiger partial charge < -0.3 is 9.47 Å². The number of aromatic nitrogens is 1. The zero-order chi connectivity index (χ0) is 9.68. The fraction of sp³-hybridized carbons (Fsp3) is 0.333. The van der Waals surface area contributed by atoms with Gasteiger partial charge in [0.25, 0.3) is 0 Å². The predicted molar refractivity (Wildman–Crippen MR) is 46.3 cm³/mol. The normalized spacial score (nSPS) is 9.38. The number of carbonyl (C=O) groups excluding carboxylic acids is 1. The van der Waals surface area contributed by atoms with Crippen LogP contribution in [0.2, 0.25) is 0 Å². The molecule has 0 radical (unpaired) electrons. The maximum atomic E-state index is 10.5. The largest absolute Gasteiger partial charge is 0.495 e. The minimum atomic E-state index is -0.326. The van der Waals surface area contributed by atoms with Crippen molar-refractivity contribution in [3.8, 4) is 5.75 Å². The SMILES string of the molecule is COc1cccnc1COC(C)=O. The number of ether oxygens (including phenoxy) is 2. The molecule has 0 unspecified atom stereocenters. The summed E-state index contributed by atoms with van der Waals surface area (Å²) in [5.41, 5.74) is 0.625. The van der Waals surface area contributed by atoms with Gasteiger partial charge in [-0.05, 0) is 12.1 Å². The van der Waals surface area contributed by atoms with Gasteiger partial charge in [0.1, 0.15) is 18.1 Å². The van der Waals surface area contributed by atoms with Crippen LogP contribution in [0.1, 0.15) is 12.6 Å². The summed E-state index contributed by atoms with van der Waals surface area (Å²) < 4.78 is 9.81. The third-order valence-corrected chi connectivity index (χ3v) is 1.48. The molecule has 1 rings (SSSR count). The average molecular weight is 181 g/mol. The lowest BCUT2D eigenvalue weighted by atomic mass is 10.3. The Morgan fingerprint density at radius 3 is 3.00 bits per heavy atom. The van der Waals surface area contributed by atoms with Crippen molar-refractivity contribution in [1.82, 2.24) is 4.98 Å². The Labute approximate surface area is 76.5 Å². The van der Waals surface area contributed by atoms with Crippen molar-refractivity contribution in [3.63, 3.8) is 0 Å². The Balaban J connectivity index is 2.69. The van der Waals surface area contributed by atoms with Gasteiger partial charge in [-0.2, -0.15) is 0 Å². The topological polar surface area (TPSA) is 48.4 Å². The van der Waals surface area contributed by atoms with E-state index in [4.69, 9.17) is 9.47 Å². The van der Waals surface area contributed by atoms with E-state index in [1.165, 1.54) is 6.92 Å². The first kappa shape index (κ1) is 9.51. The van der Waals surface area contributed by atoms with Gasteiger partial charge in [-0.1, -0.05) is 0 Å². The van der Waals surface area contributed by atoms with E-state index in [1.807, 2.05) is 0 Å². The second kappa shape index (κ2) is 4.45. The van der Waals surface area contributed by atoms with E-state index < -0.39 is 0 Å². The van der Waals surface area contributed by atoms with Crippen LogP contribution in [0, 0.1) is 0 Å². The molecular formula is C9H11NO3. The van der Waals surface area contributed by atoms with Crippen LogP contribution in [0.25, 0.3) is 0 Å². The summed E-state index contributed by atoms with van der Waals surface area (Å²) in [4.78, 5) is 14.5. The maximum Gasteiger partial charge on any atom is 0.303 e. The number of hydrogen-bond acceptors (Lipinski definition) is 4. The molecule has 1 heterocycles. The number of rotatable bonds is 3. The molecule has 0 aliphatic carbocycles. The molecule has 0 bridgehead atoms. The minimum absolute atomic E-state index is 0.152. The van der Waals surface area contributed by atoms with Crippen molar-refractivity contribution < 1.29 is 14.3 Å². The van der Waals surface area contributed by atoms with Crippen LogP contribution < -0.4 is 4.74 Å². The third-order valence-electron chi connectivity index (χ3n) is 1.48. The van der Waals surface area contributed by atoms with Crippen LogP contribution in [0.4, 0.5) is 0 Å². The van der Waals surface area contributed by atoms with Crippen LogP contribution in [0.5, 0.6) is 5.75 Å². The Kier molecular flexibility index (Phi) is 3.25. The lowest BCUT2D eigenvalue weighted by Crippen LogP contribution is -2.02. The monoisotopic (exact) mass is 181 g/mol. The summed E-state index contributed by atoms with van der Waals surface area (Å²) in [6.07, 6.45) is 1.63. The van der Waals surface area contributed by atoms with Crippen LogP contribution >= 0.6 is 0 Å². The summed E-state index contributed by atoms with van der Waals surface area (Å²) in [5, 5.41) is 0. The highest BCUT2D eigenvalue weighted by Crippen LogP contribution is 2.14. The van der Waals surface area contributed by atoms with Crippen molar-refractivity contribution in [2.45, 2.75) is 13.5 Å². The molecule has 4 heteroatoms. The van der Waals surface area contributed by atoms with E-state index in [2.05, 4.69) is 4.98 Å². The standard InChI is InChI=1S/C9H11NO3/c1-7(11)13-6-8-9(12-2)4-3-5-10-8/h3-5H,6H2,1-2H3. The zero-order valence-electron chi connectivity index (χ0n) is 7.61. The molecule has 13 heavy (non-hydrogen) atoms. The molecule has 4 nitrogen and oxygen atoms in total. The Morgan fingerprint density at radius 1 is 1.62 bits per heavy atom. The molecule has 0 spiro atoms. The van der Waals surface area contributed by atoms with Crippen LogP contribution in [-0.2, 0) is 16.1 Å². The summed E-state index contributed by atoms with van der Waals surface area (Å²) in [6.45, 7) is 1.51. The zero-order valence-corrected chi connectivity index (χ0v) is 7.61. The molecule has 0 aliphatic rings. The maximum absolute atomic E-state index is 10.5. The van der Waals surface area contributed by atoms with E-state index >= 15 is 0 Å². The van der Waals surface area contributed by atoms with Gasteiger partial charge in [-0.15, -0.1) is 0 Å². The highest BCUT2D eigenvalue weighted by atomic mass is 16.5. The van der Waals surface area contributed by atoms with Crippen molar-refractivity contribution >= 4 is 5.97 Å². The summed E-state index contributed by atoms with van der Waals surface area (Å²) in [5.74, 6) is 0.302. The molecule has 0 saturated heterocycles. The van der Waals surface area contributed by atoms with Crippen molar-refractivity contribution in [1.29, 1.82) is 0 Å². The first-order valence-electron chi connectivity index (χ1n) is 3.85. The lowest BCUT2D eigenvalue weighted by Gasteiger charge is -2.06. The van der Waals surface area contributed by atoms with Crippen molar-refractivity contribution in [2.24, 2.45) is 0 Å². The van der Waals surface area contributed by atoms with Gasteiger partial charge >= 0.3 is 5.97 Å². The second-order valence-electron chi connectivity index (χ2n) is 2.43. The van der Waals surface area contributed by atoms with Gasteiger partial charge in [0, 0.05) is 13.1 Å². The summed E-state index contributed by atoms with van der Waals surface area (Å²) in [7, 11) is 1.55. The first-order valence-corrected chi connectivity index (χ1v) is 3.85. The highest BCUT2D eigenvalue weighted by molar-refractivity contribution is 5.65. The molecule has 0 amide bonds. The Bertz CT molecular complexity index is 299. The van der Waals surface area contributed by atoms with Crippen molar-refractivity contribution in [3.05, 3.63) is 24.0 Å². The number of esters is 1. The van der Waals surface area contributed by atoms with Gasteiger partial charge in [0.05, 0.1) is 7.11 Å². The highest BCUT2D eigenvalue weighted by Gasteiger charge is 2.04. The van der Waals surface area contributed by atoms with Gasteiger partial charge in [0.15, 0.2) is 0 Å². The quantitative estimate of drug-likeness (QED) is 0.656. The molecule has 70 valence electrons. The summed E-state index contributed by atoms with van der Waals surface area (Å²) >= 11 is 0. The molecule has 1 aromatic rings. The Morgan fingerprint density at radius 2 is 2.38 bits per heavy atom. The molecule has 0 fully saturated rings. The number of nitrogens with zero attached hydrogens (tertiary/aromatic N) is 1.